The molecule has 1 spiro atoms. The molecule has 1 aliphatic heterocycles. The molecule has 39 heavy (non-hydrogen) atoms. The van der Waals surface area contributed by atoms with E-state index >= 15 is 0 Å². The van der Waals surface area contributed by atoms with Gasteiger partial charge in [0.1, 0.15) is 23.3 Å². The van der Waals surface area contributed by atoms with Crippen molar-refractivity contribution in [3.8, 4) is 5.75 Å². The number of hydrogen-bond acceptors (Lipinski definition) is 6. The van der Waals surface area contributed by atoms with Crippen LogP contribution < -0.4 is 10.1 Å². The van der Waals surface area contributed by atoms with Gasteiger partial charge in [-0.3, -0.25) is 24.0 Å². The third kappa shape index (κ3) is 4.83. The van der Waals surface area contributed by atoms with E-state index in [9.17, 15) is 32.8 Å². The first-order valence-corrected chi connectivity index (χ1v) is 13.2. The summed E-state index contributed by atoms with van der Waals surface area (Å²) in [6.07, 6.45) is 1.71. The van der Waals surface area contributed by atoms with E-state index in [0.717, 1.165) is 24.7 Å². The maximum absolute atomic E-state index is 14.5. The zero-order valence-electron chi connectivity index (χ0n) is 21.9. The number of aromatic amines is 1. The molecule has 11 heteroatoms. The Labute approximate surface area is 223 Å². The highest BCUT2D eigenvalue weighted by Crippen LogP contribution is 2.66. The van der Waals surface area contributed by atoms with Gasteiger partial charge in [-0.25, -0.2) is 8.78 Å². The molecule has 9 nitrogen and oxygen atoms in total. The van der Waals surface area contributed by atoms with E-state index in [-0.39, 0.29) is 30.9 Å². The summed E-state index contributed by atoms with van der Waals surface area (Å²) in [6, 6.07) is 4.21. The largest absolute Gasteiger partial charge is 0.496 e. The molecule has 1 saturated heterocycles. The van der Waals surface area contributed by atoms with E-state index in [1.54, 1.807) is 24.3 Å². The summed E-state index contributed by atoms with van der Waals surface area (Å²) in [7, 11) is 1.49. The number of fused-ring (bicyclic) bond motifs is 1. The summed E-state index contributed by atoms with van der Waals surface area (Å²) in [5.41, 5.74) is -0.806. The molecule has 1 aromatic heterocycles. The fraction of sp³-hybridized carbons (Fsp3) is 0.536. The first kappa shape index (κ1) is 27.0. The molecule has 1 aromatic carbocycles. The number of carbonyl (C=O) groups is 5. The van der Waals surface area contributed by atoms with Crippen molar-refractivity contribution in [2.75, 3.05) is 13.7 Å². The van der Waals surface area contributed by atoms with Gasteiger partial charge in [0.2, 0.25) is 11.7 Å². The molecule has 2 N–H and O–H groups in total. The van der Waals surface area contributed by atoms with E-state index < -0.39 is 59.1 Å². The minimum absolute atomic E-state index is 0.0275. The van der Waals surface area contributed by atoms with Gasteiger partial charge in [0.15, 0.2) is 5.78 Å². The van der Waals surface area contributed by atoms with Crippen LogP contribution in [0.15, 0.2) is 24.3 Å². The van der Waals surface area contributed by atoms with Gasteiger partial charge in [0, 0.05) is 43.1 Å². The summed E-state index contributed by atoms with van der Waals surface area (Å²) < 4.78 is 34.2. The van der Waals surface area contributed by atoms with Gasteiger partial charge in [-0.05, 0) is 43.9 Å². The number of H-pyrrole nitrogens is 1. The number of likely N-dealkylation sites (tertiary alicyclic amines) is 1. The Kier molecular flexibility index (Phi) is 6.80. The van der Waals surface area contributed by atoms with Crippen LogP contribution in [0.2, 0.25) is 0 Å². The van der Waals surface area contributed by atoms with E-state index in [4.69, 9.17) is 4.74 Å². The maximum atomic E-state index is 14.5. The average Bonchev–Trinajstić information content (AvgIpc) is 3.25. The Morgan fingerprint density at radius 3 is 2.62 bits per heavy atom. The van der Waals surface area contributed by atoms with Crippen molar-refractivity contribution in [3.05, 3.63) is 30.0 Å². The molecule has 2 saturated carbocycles. The number of Topliss-reactive ketones (excluding diaryl/α,β-unsaturated/α-hetero) is 3. The molecule has 2 aromatic rings. The smallest absolute Gasteiger partial charge is 0.271 e. The summed E-state index contributed by atoms with van der Waals surface area (Å²) in [5, 5.41) is 3.18. The number of carbonyl (C=O) groups excluding carboxylic acids is 5. The number of nitrogens with one attached hydrogen (secondary N) is 2. The number of halogens is 2. The zero-order chi connectivity index (χ0) is 28.1. The Morgan fingerprint density at radius 1 is 1.23 bits per heavy atom. The number of ether oxygens (including phenoxy) is 1. The number of amides is 2. The lowest BCUT2D eigenvalue weighted by atomic mass is 9.82. The minimum Gasteiger partial charge on any atom is -0.496 e. The van der Waals surface area contributed by atoms with Crippen molar-refractivity contribution in [1.82, 2.24) is 15.2 Å². The van der Waals surface area contributed by atoms with Crippen LogP contribution in [0.1, 0.15) is 62.4 Å². The van der Waals surface area contributed by atoms with Gasteiger partial charge in [-0.1, -0.05) is 12.5 Å². The lowest BCUT2D eigenvalue weighted by Gasteiger charge is -2.28. The number of aromatic nitrogens is 1. The monoisotopic (exact) mass is 543 g/mol. The predicted molar refractivity (Wildman–Crippen MR) is 135 cm³/mol. The number of nitrogens with zero attached hydrogens (tertiary/aromatic N) is 1. The molecule has 3 aliphatic rings. The lowest BCUT2D eigenvalue weighted by Crippen LogP contribution is -2.52. The van der Waals surface area contributed by atoms with Gasteiger partial charge < -0.3 is 19.9 Å². The second-order valence-electron chi connectivity index (χ2n) is 11.0. The van der Waals surface area contributed by atoms with Crippen LogP contribution in [0.4, 0.5) is 8.78 Å². The van der Waals surface area contributed by atoms with Crippen LogP contribution in [0.3, 0.4) is 0 Å². The van der Waals surface area contributed by atoms with Crippen LogP contribution in [0, 0.1) is 11.3 Å². The second kappa shape index (κ2) is 9.84. The Bertz CT molecular complexity index is 1370. The summed E-state index contributed by atoms with van der Waals surface area (Å²) in [5.74, 6) is -6.06. The summed E-state index contributed by atoms with van der Waals surface area (Å²) in [6.45, 7) is 0.759. The zero-order valence-corrected chi connectivity index (χ0v) is 21.9. The molecule has 2 amide bonds. The van der Waals surface area contributed by atoms with Crippen LogP contribution in [-0.2, 0) is 19.2 Å². The Morgan fingerprint density at radius 2 is 1.97 bits per heavy atom. The van der Waals surface area contributed by atoms with Crippen molar-refractivity contribution in [2.45, 2.75) is 69.9 Å². The molecule has 3 fully saturated rings. The normalized spacial score (nSPS) is 26.5. The molecule has 2 aliphatic carbocycles. The van der Waals surface area contributed by atoms with E-state index in [2.05, 4.69) is 10.3 Å². The standard InChI is InChI=1S/C28H31F2N3O6/c1-15(34)24(36)19(10-16-6-3-4-8-22(16)35)32-25(37)21-12-27(13-28(27,29)30)14-33(21)26(38)20-11-17-18(31-20)7-5-9-23(17)39-2/h5,7,9,11,16,19,21,31H,3-4,6,8,10,12-14H2,1-2H3,(H,32,37)/t16-,19-,21-,27-/m0/s1. The minimum atomic E-state index is -3.02. The summed E-state index contributed by atoms with van der Waals surface area (Å²) in [4.78, 5) is 68.3. The van der Waals surface area contributed by atoms with Crippen molar-refractivity contribution in [2.24, 2.45) is 11.3 Å². The van der Waals surface area contributed by atoms with E-state index in [0.29, 0.717) is 29.5 Å². The molecule has 0 bridgehead atoms. The molecule has 5 rings (SSSR count). The molecule has 4 atom stereocenters. The number of ketones is 3. The van der Waals surface area contributed by atoms with Gasteiger partial charge >= 0.3 is 0 Å². The highest BCUT2D eigenvalue weighted by molar-refractivity contribution is 6.38. The first-order valence-electron chi connectivity index (χ1n) is 13.2. The quantitative estimate of drug-likeness (QED) is 0.493. The number of methoxy groups -OCH3 is 1. The fourth-order valence-electron chi connectivity index (χ4n) is 6.11. The number of alkyl halides is 2. The van der Waals surface area contributed by atoms with E-state index in [1.807, 2.05) is 0 Å². The molecular formula is C28H31F2N3O6. The number of hydrogen-bond donors (Lipinski definition) is 2. The molecule has 0 unspecified atom stereocenters. The first-order chi connectivity index (χ1) is 18.5. The van der Waals surface area contributed by atoms with E-state index in [1.165, 1.54) is 7.11 Å². The number of benzene rings is 1. The van der Waals surface area contributed by atoms with Crippen LogP contribution >= 0.6 is 0 Å². The molecular weight excluding hydrogens is 512 g/mol. The SMILES string of the molecule is COc1cccc2[nH]c(C(=O)N3C[C@]4(C[C@H]3C(=O)N[C@@H](C[C@@H]3CCCCC3=O)C(=O)C(C)=O)CC4(F)F)cc12. The highest BCUT2D eigenvalue weighted by Gasteiger charge is 2.75. The predicted octanol–water partition coefficient (Wildman–Crippen LogP) is 3.21. The average molecular weight is 544 g/mol. The van der Waals surface area contributed by atoms with Gasteiger partial charge in [-0.2, -0.15) is 0 Å². The maximum Gasteiger partial charge on any atom is 0.271 e. The van der Waals surface area contributed by atoms with Crippen LogP contribution in [-0.4, -0.2) is 70.7 Å². The summed E-state index contributed by atoms with van der Waals surface area (Å²) >= 11 is 0. The fourth-order valence-corrected chi connectivity index (χ4v) is 6.11. The topological polar surface area (TPSA) is 126 Å². The third-order valence-electron chi connectivity index (χ3n) is 8.46. The highest BCUT2D eigenvalue weighted by atomic mass is 19.3. The lowest BCUT2D eigenvalue weighted by molar-refractivity contribution is -0.139. The molecule has 2 heterocycles. The number of rotatable bonds is 8. The van der Waals surface area contributed by atoms with Gasteiger partial charge in [-0.15, -0.1) is 0 Å². The van der Waals surface area contributed by atoms with Gasteiger partial charge in [0.05, 0.1) is 18.6 Å². The van der Waals surface area contributed by atoms with Crippen molar-refractivity contribution >= 4 is 40.1 Å². The van der Waals surface area contributed by atoms with Crippen molar-refractivity contribution in [3.63, 3.8) is 0 Å². The van der Waals surface area contributed by atoms with Gasteiger partial charge in [0.25, 0.3) is 11.8 Å². The molecule has 0 radical (unpaired) electrons. The van der Waals surface area contributed by atoms with Crippen molar-refractivity contribution in [1.29, 1.82) is 0 Å². The Balaban J connectivity index is 1.41. The molecule has 208 valence electrons. The van der Waals surface area contributed by atoms with Crippen LogP contribution in [0.25, 0.3) is 10.9 Å². The third-order valence-corrected chi connectivity index (χ3v) is 8.46. The Hall–Kier alpha value is -3.63. The van der Waals surface area contributed by atoms with Crippen molar-refractivity contribution < 1.29 is 37.5 Å². The second-order valence-corrected chi connectivity index (χ2v) is 11.0. The van der Waals surface area contributed by atoms with Crippen LogP contribution in [0.5, 0.6) is 5.75 Å².